The number of hydrogen-bond acceptors (Lipinski definition) is 5. The number of para-hydroxylation sites is 2. The van der Waals surface area contributed by atoms with Crippen LogP contribution in [0.15, 0.2) is 65.6 Å². The second-order valence-corrected chi connectivity index (χ2v) is 6.91. The number of amides is 2. The Labute approximate surface area is 172 Å². The van der Waals surface area contributed by atoms with Gasteiger partial charge in [-0.25, -0.2) is 0 Å². The monoisotopic (exact) mass is 407 g/mol. The molecule has 0 saturated heterocycles. The number of fused-ring (bicyclic) bond motifs is 2. The minimum absolute atomic E-state index is 0.159. The molecule has 2 heterocycles. The number of carbonyl (C=O) groups excluding carboxylic acids is 2. The zero-order chi connectivity index (χ0) is 20.9. The summed E-state index contributed by atoms with van der Waals surface area (Å²) in [6.07, 6.45) is 1.26. The van der Waals surface area contributed by atoms with Crippen LogP contribution in [0.2, 0.25) is 0 Å². The van der Waals surface area contributed by atoms with Gasteiger partial charge >= 0.3 is 0 Å². The van der Waals surface area contributed by atoms with E-state index >= 15 is 0 Å². The van der Waals surface area contributed by atoms with Gasteiger partial charge in [0.05, 0.1) is 13.1 Å². The molecule has 8 nitrogen and oxygen atoms in total. The lowest BCUT2D eigenvalue weighted by molar-refractivity contribution is -0.126. The molecule has 1 unspecified atom stereocenters. The van der Waals surface area contributed by atoms with Crippen LogP contribution >= 0.6 is 0 Å². The van der Waals surface area contributed by atoms with Crippen molar-refractivity contribution in [2.75, 3.05) is 19.7 Å². The maximum atomic E-state index is 12.4. The topological polar surface area (TPSA) is 98.7 Å². The lowest BCUT2D eigenvalue weighted by Crippen LogP contribution is -2.44. The molecule has 3 aromatic rings. The Morgan fingerprint density at radius 1 is 0.967 bits per heavy atom. The summed E-state index contributed by atoms with van der Waals surface area (Å²) in [6.45, 7) is 0.236. The third-order valence-electron chi connectivity index (χ3n) is 4.74. The molecule has 1 aliphatic heterocycles. The van der Waals surface area contributed by atoms with Gasteiger partial charge in [-0.15, -0.1) is 0 Å². The van der Waals surface area contributed by atoms with Gasteiger partial charge in [0.15, 0.2) is 11.5 Å². The molecule has 0 aliphatic carbocycles. The zero-order valence-corrected chi connectivity index (χ0v) is 16.2. The van der Waals surface area contributed by atoms with Gasteiger partial charge in [0.25, 0.3) is 5.56 Å². The second-order valence-electron chi connectivity index (χ2n) is 6.91. The molecule has 1 aliphatic rings. The highest BCUT2D eigenvalue weighted by molar-refractivity contribution is 5.85. The Morgan fingerprint density at radius 3 is 2.60 bits per heavy atom. The van der Waals surface area contributed by atoms with Crippen molar-refractivity contribution in [1.29, 1.82) is 0 Å². The van der Waals surface area contributed by atoms with Gasteiger partial charge in [-0.05, 0) is 29.7 Å². The normalized spacial score (nSPS) is 14.9. The first kappa shape index (κ1) is 19.5. The molecule has 0 radical (unpaired) electrons. The molecule has 0 spiro atoms. The van der Waals surface area contributed by atoms with E-state index in [0.717, 1.165) is 5.39 Å². The van der Waals surface area contributed by atoms with E-state index in [1.807, 2.05) is 30.3 Å². The fourth-order valence-electron chi connectivity index (χ4n) is 3.20. The number of rotatable bonds is 6. The summed E-state index contributed by atoms with van der Waals surface area (Å²) < 4.78 is 12.7. The van der Waals surface area contributed by atoms with Crippen LogP contribution < -0.4 is 25.7 Å². The predicted octanol–water partition coefficient (Wildman–Crippen LogP) is 1.07. The maximum absolute atomic E-state index is 12.4. The van der Waals surface area contributed by atoms with E-state index in [9.17, 15) is 14.4 Å². The molecular formula is C22H21N3O5. The van der Waals surface area contributed by atoms with Gasteiger partial charge < -0.3 is 24.7 Å². The van der Waals surface area contributed by atoms with Gasteiger partial charge in [0, 0.05) is 11.6 Å². The largest absolute Gasteiger partial charge is 0.486 e. The van der Waals surface area contributed by atoms with Gasteiger partial charge in [0.2, 0.25) is 11.8 Å². The smallest absolute Gasteiger partial charge is 0.258 e. The molecule has 0 saturated carbocycles. The van der Waals surface area contributed by atoms with Crippen molar-refractivity contribution in [3.05, 3.63) is 71.1 Å². The van der Waals surface area contributed by atoms with E-state index in [1.165, 1.54) is 4.57 Å². The van der Waals surface area contributed by atoms with Crippen LogP contribution in [0.5, 0.6) is 11.5 Å². The van der Waals surface area contributed by atoms with Crippen LogP contribution in [0.4, 0.5) is 0 Å². The van der Waals surface area contributed by atoms with Crippen molar-refractivity contribution in [2.45, 2.75) is 12.6 Å². The molecule has 1 aromatic heterocycles. The molecule has 0 bridgehead atoms. The molecule has 2 N–H and O–H groups in total. The van der Waals surface area contributed by atoms with E-state index < -0.39 is 5.91 Å². The van der Waals surface area contributed by atoms with E-state index in [-0.39, 0.29) is 37.2 Å². The Morgan fingerprint density at radius 2 is 1.73 bits per heavy atom. The van der Waals surface area contributed by atoms with Crippen LogP contribution in [0.1, 0.15) is 0 Å². The second kappa shape index (κ2) is 8.69. The third kappa shape index (κ3) is 4.43. The van der Waals surface area contributed by atoms with Gasteiger partial charge in [-0.3, -0.25) is 14.4 Å². The number of nitrogens with one attached hydrogen (secondary N) is 2. The van der Waals surface area contributed by atoms with Crippen molar-refractivity contribution >= 4 is 22.6 Å². The van der Waals surface area contributed by atoms with Crippen molar-refractivity contribution in [3.63, 3.8) is 0 Å². The first-order valence-corrected chi connectivity index (χ1v) is 9.60. The van der Waals surface area contributed by atoms with E-state index in [4.69, 9.17) is 9.47 Å². The molecule has 30 heavy (non-hydrogen) atoms. The van der Waals surface area contributed by atoms with E-state index in [1.54, 1.807) is 30.5 Å². The highest BCUT2D eigenvalue weighted by Crippen LogP contribution is 2.30. The summed E-state index contributed by atoms with van der Waals surface area (Å²) in [5, 5.41) is 6.60. The summed E-state index contributed by atoms with van der Waals surface area (Å²) in [7, 11) is 0. The Balaban J connectivity index is 1.24. The molecular weight excluding hydrogens is 386 g/mol. The van der Waals surface area contributed by atoms with Crippen molar-refractivity contribution in [1.82, 2.24) is 15.2 Å². The Bertz CT molecular complexity index is 1140. The van der Waals surface area contributed by atoms with Crippen LogP contribution in [0, 0.1) is 0 Å². The first-order chi connectivity index (χ1) is 14.6. The van der Waals surface area contributed by atoms with Crippen LogP contribution in [0.3, 0.4) is 0 Å². The maximum Gasteiger partial charge on any atom is 0.258 e. The predicted molar refractivity (Wildman–Crippen MR) is 111 cm³/mol. The molecule has 8 heteroatoms. The highest BCUT2D eigenvalue weighted by Gasteiger charge is 2.21. The molecule has 2 aromatic carbocycles. The number of hydrogen-bond donors (Lipinski definition) is 2. The number of aromatic nitrogens is 1. The summed E-state index contributed by atoms with van der Waals surface area (Å²) >= 11 is 0. The Kier molecular flexibility index (Phi) is 5.65. The summed E-state index contributed by atoms with van der Waals surface area (Å²) in [6, 6.07) is 16.3. The molecule has 4 rings (SSSR count). The van der Waals surface area contributed by atoms with Crippen LogP contribution in [-0.2, 0) is 16.1 Å². The fourth-order valence-corrected chi connectivity index (χ4v) is 3.20. The van der Waals surface area contributed by atoms with Gasteiger partial charge in [-0.2, -0.15) is 0 Å². The van der Waals surface area contributed by atoms with Crippen molar-refractivity contribution < 1.29 is 19.1 Å². The molecule has 1 atom stereocenters. The third-order valence-corrected chi connectivity index (χ3v) is 4.74. The summed E-state index contributed by atoms with van der Waals surface area (Å²) in [4.78, 5) is 36.6. The number of nitrogens with zero attached hydrogens (tertiary/aromatic N) is 1. The highest BCUT2D eigenvalue weighted by atomic mass is 16.6. The molecule has 0 fully saturated rings. The van der Waals surface area contributed by atoms with E-state index in [0.29, 0.717) is 23.5 Å². The van der Waals surface area contributed by atoms with Gasteiger partial charge in [0.1, 0.15) is 19.3 Å². The van der Waals surface area contributed by atoms with Crippen LogP contribution in [0.25, 0.3) is 10.8 Å². The first-order valence-electron chi connectivity index (χ1n) is 9.60. The molecule has 2 amide bonds. The lowest BCUT2D eigenvalue weighted by atomic mass is 10.2. The SMILES string of the molecule is O=C(CNC(=O)Cn1ccc2ccccc2c1=O)NCC1COc2ccccc2O1. The number of benzene rings is 2. The van der Waals surface area contributed by atoms with Crippen molar-refractivity contribution in [2.24, 2.45) is 0 Å². The van der Waals surface area contributed by atoms with E-state index in [2.05, 4.69) is 10.6 Å². The standard InChI is InChI=1S/C22H21N3O5/c26-20(23-11-16-14-29-18-7-3-4-8-19(18)30-16)12-24-21(27)13-25-10-9-15-5-1-2-6-17(15)22(25)28/h1-10,16H,11-14H2,(H,23,26)(H,24,27). The average molecular weight is 407 g/mol. The Hall–Kier alpha value is -3.81. The minimum atomic E-state index is -0.422. The average Bonchev–Trinajstić information content (AvgIpc) is 2.78. The van der Waals surface area contributed by atoms with Crippen LogP contribution in [-0.4, -0.2) is 42.2 Å². The quantitative estimate of drug-likeness (QED) is 0.637. The summed E-state index contributed by atoms with van der Waals surface area (Å²) in [5.74, 6) is 0.541. The fraction of sp³-hybridized carbons (Fsp3) is 0.227. The number of ether oxygens (including phenoxy) is 2. The molecule has 154 valence electrons. The number of pyridine rings is 1. The summed E-state index contributed by atoms with van der Waals surface area (Å²) in [5.41, 5.74) is -0.248. The van der Waals surface area contributed by atoms with Gasteiger partial charge in [-0.1, -0.05) is 30.3 Å². The van der Waals surface area contributed by atoms with Crippen molar-refractivity contribution in [3.8, 4) is 11.5 Å². The number of carbonyl (C=O) groups is 2. The zero-order valence-electron chi connectivity index (χ0n) is 16.2. The minimum Gasteiger partial charge on any atom is -0.486 e. The lowest BCUT2D eigenvalue weighted by Gasteiger charge is -2.26.